The summed E-state index contributed by atoms with van der Waals surface area (Å²) in [5, 5.41) is 0. The lowest BCUT2D eigenvalue weighted by Crippen LogP contribution is -2.53. The van der Waals surface area contributed by atoms with E-state index in [9.17, 15) is 8.42 Å². The van der Waals surface area contributed by atoms with Crippen LogP contribution in [0.4, 0.5) is 0 Å². The number of hydrogen-bond acceptors (Lipinski definition) is 3. The van der Waals surface area contributed by atoms with Crippen molar-refractivity contribution >= 4 is 10.0 Å². The van der Waals surface area contributed by atoms with Crippen molar-refractivity contribution in [3.8, 4) is 0 Å². The maximum Gasteiger partial charge on any atom is 0.211 e. The van der Waals surface area contributed by atoms with E-state index in [0.29, 0.717) is 12.5 Å². The molecule has 0 aromatic rings. The zero-order valence-corrected chi connectivity index (χ0v) is 9.02. The van der Waals surface area contributed by atoms with Crippen LogP contribution in [0.1, 0.15) is 26.7 Å². The van der Waals surface area contributed by atoms with E-state index in [-0.39, 0.29) is 5.75 Å². The maximum atomic E-state index is 11.3. The first kappa shape index (κ1) is 10.9. The van der Waals surface area contributed by atoms with Gasteiger partial charge in [0.15, 0.2) is 0 Å². The lowest BCUT2D eigenvalue weighted by atomic mass is 9.98. The van der Waals surface area contributed by atoms with Gasteiger partial charge in [0.25, 0.3) is 0 Å². The summed E-state index contributed by atoms with van der Waals surface area (Å²) in [6, 6.07) is 0. The van der Waals surface area contributed by atoms with Crippen molar-refractivity contribution in [2.75, 3.05) is 12.3 Å². The summed E-state index contributed by atoms with van der Waals surface area (Å²) in [6.45, 7) is 3.89. The topological polar surface area (TPSA) is 72.2 Å². The third kappa shape index (κ3) is 2.65. The number of nitrogens with one attached hydrogen (secondary N) is 1. The predicted molar refractivity (Wildman–Crippen MR) is 52.8 cm³/mol. The minimum atomic E-state index is -3.12. The van der Waals surface area contributed by atoms with Gasteiger partial charge in [0.1, 0.15) is 0 Å². The summed E-state index contributed by atoms with van der Waals surface area (Å²) < 4.78 is 25.4. The summed E-state index contributed by atoms with van der Waals surface area (Å²) in [7, 11) is -3.12. The second-order valence-electron chi connectivity index (χ2n) is 3.90. The van der Waals surface area contributed by atoms with Crippen LogP contribution in [0.3, 0.4) is 0 Å². The molecule has 78 valence electrons. The minimum absolute atomic E-state index is 0.120. The van der Waals surface area contributed by atoms with Crippen molar-refractivity contribution in [2.24, 2.45) is 11.7 Å². The summed E-state index contributed by atoms with van der Waals surface area (Å²) in [4.78, 5) is 0. The van der Waals surface area contributed by atoms with Gasteiger partial charge >= 0.3 is 0 Å². The van der Waals surface area contributed by atoms with Crippen LogP contribution in [0.2, 0.25) is 0 Å². The standard InChI is InChI=1S/C8H18N2O2S/c1-3-13(11,12)10-8(2,6-9)7-4-5-7/h7,10H,3-6,9H2,1-2H3. The quantitative estimate of drug-likeness (QED) is 0.668. The molecule has 1 saturated carbocycles. The molecule has 1 unspecified atom stereocenters. The van der Waals surface area contributed by atoms with E-state index in [1.165, 1.54) is 0 Å². The Labute approximate surface area is 79.9 Å². The van der Waals surface area contributed by atoms with Crippen LogP contribution >= 0.6 is 0 Å². The van der Waals surface area contributed by atoms with E-state index in [0.717, 1.165) is 12.8 Å². The maximum absolute atomic E-state index is 11.3. The van der Waals surface area contributed by atoms with Crippen LogP contribution in [0.15, 0.2) is 0 Å². The van der Waals surface area contributed by atoms with Gasteiger partial charge in [-0.25, -0.2) is 13.1 Å². The van der Waals surface area contributed by atoms with Gasteiger partial charge in [-0.15, -0.1) is 0 Å². The molecule has 0 radical (unpaired) electrons. The molecule has 1 atom stereocenters. The summed E-state index contributed by atoms with van der Waals surface area (Å²) in [6.07, 6.45) is 2.17. The molecule has 3 N–H and O–H groups in total. The van der Waals surface area contributed by atoms with Gasteiger partial charge in [0.2, 0.25) is 10.0 Å². The van der Waals surface area contributed by atoms with Gasteiger partial charge in [-0.3, -0.25) is 0 Å². The van der Waals surface area contributed by atoms with Crippen molar-refractivity contribution in [1.29, 1.82) is 0 Å². The van der Waals surface area contributed by atoms with Crippen molar-refractivity contribution < 1.29 is 8.42 Å². The minimum Gasteiger partial charge on any atom is -0.329 e. The Kier molecular flexibility index (Phi) is 2.99. The zero-order chi connectivity index (χ0) is 10.1. The molecule has 1 rings (SSSR count). The Morgan fingerprint density at radius 3 is 2.38 bits per heavy atom. The van der Waals surface area contributed by atoms with Gasteiger partial charge in [-0.2, -0.15) is 0 Å². The SMILES string of the molecule is CCS(=O)(=O)NC(C)(CN)C1CC1. The summed E-state index contributed by atoms with van der Waals surface area (Å²) in [5.41, 5.74) is 5.16. The summed E-state index contributed by atoms with van der Waals surface area (Å²) in [5.74, 6) is 0.550. The fourth-order valence-corrected chi connectivity index (χ4v) is 2.54. The Morgan fingerprint density at radius 2 is 2.08 bits per heavy atom. The van der Waals surface area contributed by atoms with Crippen molar-refractivity contribution in [1.82, 2.24) is 4.72 Å². The Bertz CT molecular complexity index is 272. The molecule has 0 bridgehead atoms. The lowest BCUT2D eigenvalue weighted by molar-refractivity contribution is 0.374. The van der Waals surface area contributed by atoms with Crippen molar-refractivity contribution in [3.05, 3.63) is 0 Å². The molecule has 0 aliphatic heterocycles. The average Bonchev–Trinajstić information content (AvgIpc) is 2.86. The molecular formula is C8H18N2O2S. The predicted octanol–water partition coefficient (Wildman–Crippen LogP) is 0.0531. The Balaban J connectivity index is 2.68. The highest BCUT2D eigenvalue weighted by Crippen LogP contribution is 2.39. The summed E-state index contributed by atoms with van der Waals surface area (Å²) >= 11 is 0. The molecule has 5 heteroatoms. The highest BCUT2D eigenvalue weighted by Gasteiger charge is 2.42. The molecule has 1 aliphatic rings. The second kappa shape index (κ2) is 3.55. The third-order valence-electron chi connectivity index (χ3n) is 2.67. The van der Waals surface area contributed by atoms with Crippen molar-refractivity contribution in [2.45, 2.75) is 32.2 Å². The molecule has 1 fully saturated rings. The molecule has 0 saturated heterocycles. The number of rotatable bonds is 5. The van der Waals surface area contributed by atoms with Crippen LogP contribution in [-0.2, 0) is 10.0 Å². The Hall–Kier alpha value is -0.130. The molecule has 0 amide bonds. The van der Waals surface area contributed by atoms with E-state index in [1.807, 2.05) is 6.92 Å². The third-order valence-corrected chi connectivity index (χ3v) is 4.21. The molecule has 0 aromatic heterocycles. The molecular weight excluding hydrogens is 188 g/mol. The smallest absolute Gasteiger partial charge is 0.211 e. The Morgan fingerprint density at radius 1 is 1.54 bits per heavy atom. The van der Waals surface area contributed by atoms with Crippen LogP contribution < -0.4 is 10.5 Å². The van der Waals surface area contributed by atoms with Gasteiger partial charge in [0, 0.05) is 12.1 Å². The van der Waals surface area contributed by atoms with E-state index in [4.69, 9.17) is 5.73 Å². The first-order chi connectivity index (χ1) is 5.93. The average molecular weight is 206 g/mol. The van der Waals surface area contributed by atoms with E-state index < -0.39 is 15.6 Å². The van der Waals surface area contributed by atoms with E-state index in [1.54, 1.807) is 6.92 Å². The first-order valence-corrected chi connectivity index (χ1v) is 6.30. The van der Waals surface area contributed by atoms with Gasteiger partial charge in [-0.05, 0) is 32.6 Å². The highest BCUT2D eigenvalue weighted by atomic mass is 32.2. The molecule has 0 heterocycles. The van der Waals surface area contributed by atoms with E-state index in [2.05, 4.69) is 4.72 Å². The van der Waals surface area contributed by atoms with Gasteiger partial charge < -0.3 is 5.73 Å². The second-order valence-corrected chi connectivity index (χ2v) is 5.91. The lowest BCUT2D eigenvalue weighted by Gasteiger charge is -2.28. The van der Waals surface area contributed by atoms with Crippen LogP contribution in [0.5, 0.6) is 0 Å². The fraction of sp³-hybridized carbons (Fsp3) is 1.00. The molecule has 0 aromatic carbocycles. The largest absolute Gasteiger partial charge is 0.329 e. The monoisotopic (exact) mass is 206 g/mol. The number of nitrogens with two attached hydrogens (primary N) is 1. The molecule has 4 nitrogen and oxygen atoms in total. The van der Waals surface area contributed by atoms with Crippen LogP contribution in [0.25, 0.3) is 0 Å². The first-order valence-electron chi connectivity index (χ1n) is 4.65. The van der Waals surface area contributed by atoms with Crippen LogP contribution in [-0.4, -0.2) is 26.3 Å². The van der Waals surface area contributed by atoms with Crippen molar-refractivity contribution in [3.63, 3.8) is 0 Å². The molecule has 13 heavy (non-hydrogen) atoms. The van der Waals surface area contributed by atoms with E-state index >= 15 is 0 Å². The highest BCUT2D eigenvalue weighted by molar-refractivity contribution is 7.89. The normalized spacial score (nSPS) is 22.7. The van der Waals surface area contributed by atoms with Gasteiger partial charge in [-0.1, -0.05) is 0 Å². The fourth-order valence-electron chi connectivity index (χ4n) is 1.44. The molecule has 0 spiro atoms. The van der Waals surface area contributed by atoms with Crippen LogP contribution in [0, 0.1) is 5.92 Å². The molecule has 1 aliphatic carbocycles. The number of hydrogen-bond donors (Lipinski definition) is 2. The van der Waals surface area contributed by atoms with Gasteiger partial charge in [0.05, 0.1) is 5.75 Å². The zero-order valence-electron chi connectivity index (χ0n) is 8.21. The number of sulfonamides is 1.